The van der Waals surface area contributed by atoms with Crippen molar-refractivity contribution >= 4 is 11.6 Å². The predicted octanol–water partition coefficient (Wildman–Crippen LogP) is 1.31. The van der Waals surface area contributed by atoms with Crippen LogP contribution in [0.3, 0.4) is 0 Å². The highest BCUT2D eigenvalue weighted by molar-refractivity contribution is 6.15. The van der Waals surface area contributed by atoms with Crippen molar-refractivity contribution in [2.45, 2.75) is 0 Å². The van der Waals surface area contributed by atoms with E-state index in [-0.39, 0.29) is 14.1 Å². The average molecular weight is 111 g/mol. The molecular weight excluding hydrogens is 104 g/mol. The molecule has 0 amide bonds. The standard InChI is InChI=1S/CH3Cl.3FH/c1-2;;;/h1H3;3*1H. The minimum atomic E-state index is 0. The molecule has 0 aliphatic heterocycles. The fourth-order valence-electron chi connectivity index (χ4n) is 0. The molecule has 0 nitrogen and oxygen atoms in total. The number of hydrogen-bond donors (Lipinski definition) is 0. The van der Waals surface area contributed by atoms with Gasteiger partial charge >= 0.3 is 0 Å². The minimum absolute atomic E-state index is 0. The maximum Gasteiger partial charge on any atom is 0.0108 e. The first-order valence-electron chi connectivity index (χ1n) is 0.378. The number of alkyl halides is 1. The third-order valence-corrected chi connectivity index (χ3v) is 0. The molecule has 0 aliphatic rings. The minimum Gasteiger partial charge on any atom is -0.269 e. The smallest absolute Gasteiger partial charge is 0.0108 e. The van der Waals surface area contributed by atoms with Gasteiger partial charge < -0.3 is 0 Å². The van der Waals surface area contributed by atoms with Crippen LogP contribution in [0.15, 0.2) is 0 Å². The summed E-state index contributed by atoms with van der Waals surface area (Å²) in [6.45, 7) is 0. The van der Waals surface area contributed by atoms with Gasteiger partial charge in [0.25, 0.3) is 0 Å². The summed E-state index contributed by atoms with van der Waals surface area (Å²) < 4.78 is 0. The molecule has 4 heteroatoms. The molecule has 0 bridgehead atoms. The zero-order valence-electron chi connectivity index (χ0n) is 2.60. The van der Waals surface area contributed by atoms with Gasteiger partial charge in [0.2, 0.25) is 0 Å². The Morgan fingerprint density at radius 1 is 0.800 bits per heavy atom. The van der Waals surface area contributed by atoms with Crippen molar-refractivity contribution in [3.05, 3.63) is 0 Å². The van der Waals surface area contributed by atoms with Gasteiger partial charge in [0.15, 0.2) is 0 Å². The van der Waals surface area contributed by atoms with Gasteiger partial charge in [0.05, 0.1) is 0 Å². The van der Waals surface area contributed by atoms with Gasteiger partial charge in [-0.2, -0.15) is 0 Å². The fraction of sp³-hybridized carbons (Fsp3) is 1.00. The molecule has 0 N–H and O–H groups in total. The van der Waals surface area contributed by atoms with Gasteiger partial charge in [0, 0.05) is 6.38 Å². The van der Waals surface area contributed by atoms with E-state index in [1.807, 2.05) is 0 Å². The van der Waals surface area contributed by atoms with Crippen LogP contribution in [0.25, 0.3) is 0 Å². The van der Waals surface area contributed by atoms with E-state index in [2.05, 4.69) is 11.6 Å². The van der Waals surface area contributed by atoms with Crippen LogP contribution in [0.4, 0.5) is 14.1 Å². The third kappa shape index (κ3) is 2760. The SMILES string of the molecule is CCl.F.F.F. The van der Waals surface area contributed by atoms with Crippen molar-refractivity contribution in [2.24, 2.45) is 0 Å². The Labute approximate surface area is 33.2 Å². The Balaban J connectivity index is -0.00000000167. The molecule has 38 valence electrons. The first kappa shape index (κ1) is 72.5. The van der Waals surface area contributed by atoms with E-state index in [1.54, 1.807) is 0 Å². The summed E-state index contributed by atoms with van der Waals surface area (Å²) in [6, 6.07) is 0. The molecule has 0 radical (unpaired) electrons. The molecule has 0 rings (SSSR count). The highest BCUT2D eigenvalue weighted by Crippen LogP contribution is 1.34. The van der Waals surface area contributed by atoms with Crippen LogP contribution in [0.2, 0.25) is 0 Å². The first-order valence-corrected chi connectivity index (χ1v) is 1.13. The van der Waals surface area contributed by atoms with Crippen LogP contribution in [0.1, 0.15) is 0 Å². The molecule has 0 fully saturated rings. The van der Waals surface area contributed by atoms with Crippen LogP contribution in [-0.4, -0.2) is 6.38 Å². The lowest BCUT2D eigenvalue weighted by atomic mass is 12.0. The molecule has 0 saturated carbocycles. The van der Waals surface area contributed by atoms with Crippen molar-refractivity contribution in [1.29, 1.82) is 0 Å². The molecule has 0 aromatic rings. The Hall–Kier alpha value is 0.0800. The maximum absolute atomic E-state index is 4.64. The molecule has 0 spiro atoms. The summed E-state index contributed by atoms with van der Waals surface area (Å²) >= 11 is 4.64. The normalized spacial score (nSPS) is 1.20. The van der Waals surface area contributed by atoms with Crippen LogP contribution in [0.5, 0.6) is 0 Å². The molecule has 0 saturated heterocycles. The zero-order chi connectivity index (χ0) is 2.00. The monoisotopic (exact) mass is 110 g/mol. The largest absolute Gasteiger partial charge is 0.269 e. The van der Waals surface area contributed by atoms with E-state index in [9.17, 15) is 0 Å². The van der Waals surface area contributed by atoms with E-state index >= 15 is 0 Å². The highest BCUT2D eigenvalue weighted by atomic mass is 35.5. The Morgan fingerprint density at radius 2 is 0.800 bits per heavy atom. The van der Waals surface area contributed by atoms with Crippen molar-refractivity contribution in [2.75, 3.05) is 6.38 Å². The molecule has 0 aromatic carbocycles. The van der Waals surface area contributed by atoms with Crippen molar-refractivity contribution in [3.8, 4) is 0 Å². The molecule has 0 aromatic heterocycles. The summed E-state index contributed by atoms with van der Waals surface area (Å²) in [7, 11) is 0. The lowest BCUT2D eigenvalue weighted by molar-refractivity contribution is 1.11. The summed E-state index contributed by atoms with van der Waals surface area (Å²) in [5, 5.41) is 0. The molecule has 0 atom stereocenters. The second-order valence-electron chi connectivity index (χ2n) is 0. The van der Waals surface area contributed by atoms with E-state index in [4.69, 9.17) is 0 Å². The quantitative estimate of drug-likeness (QED) is 0.413. The van der Waals surface area contributed by atoms with E-state index in [1.165, 1.54) is 6.38 Å². The number of halogens is 4. The number of hydrogen-bond acceptors (Lipinski definition) is 0. The Morgan fingerprint density at radius 3 is 0.800 bits per heavy atom. The van der Waals surface area contributed by atoms with Gasteiger partial charge in [0.1, 0.15) is 0 Å². The lowest BCUT2D eigenvalue weighted by Crippen LogP contribution is -0.852. The molecule has 0 heterocycles. The Bertz CT molecular complexity index is 6.85. The summed E-state index contributed by atoms with van der Waals surface area (Å²) in [5.41, 5.74) is 0. The van der Waals surface area contributed by atoms with Gasteiger partial charge in [-0.25, -0.2) is 0 Å². The van der Waals surface area contributed by atoms with Crippen LogP contribution < -0.4 is 0 Å². The van der Waals surface area contributed by atoms with Crippen molar-refractivity contribution < 1.29 is 14.1 Å². The van der Waals surface area contributed by atoms with E-state index in [0.29, 0.717) is 0 Å². The molecule has 0 aliphatic carbocycles. The highest BCUT2D eigenvalue weighted by Gasteiger charge is 0.943. The molecular formula is CH6ClF3. The van der Waals surface area contributed by atoms with E-state index < -0.39 is 0 Å². The van der Waals surface area contributed by atoms with Crippen molar-refractivity contribution in [1.82, 2.24) is 0 Å². The summed E-state index contributed by atoms with van der Waals surface area (Å²) in [4.78, 5) is 0. The summed E-state index contributed by atoms with van der Waals surface area (Å²) in [5.74, 6) is 0. The number of rotatable bonds is 0. The third-order valence-electron chi connectivity index (χ3n) is 0. The van der Waals surface area contributed by atoms with Gasteiger partial charge in [-0.1, -0.05) is 0 Å². The van der Waals surface area contributed by atoms with Crippen LogP contribution in [-0.2, 0) is 0 Å². The van der Waals surface area contributed by atoms with Gasteiger partial charge in [-0.15, -0.1) is 11.6 Å². The first-order chi connectivity index (χ1) is 1.00. The van der Waals surface area contributed by atoms with Gasteiger partial charge in [-0.05, 0) is 0 Å². The van der Waals surface area contributed by atoms with Crippen LogP contribution in [0, 0.1) is 0 Å². The average Bonchev–Trinajstić information content (AvgIpc) is 1.00. The van der Waals surface area contributed by atoms with Gasteiger partial charge in [-0.3, -0.25) is 14.1 Å². The maximum atomic E-state index is 4.64. The van der Waals surface area contributed by atoms with E-state index in [0.717, 1.165) is 0 Å². The predicted molar refractivity (Wildman–Crippen MR) is 19.3 cm³/mol. The second kappa shape index (κ2) is 6050. The molecule has 5 heavy (non-hydrogen) atoms. The second-order valence-corrected chi connectivity index (χ2v) is 0. The zero-order valence-corrected chi connectivity index (χ0v) is 3.36. The molecule has 0 unspecified atom stereocenters. The van der Waals surface area contributed by atoms with Crippen molar-refractivity contribution in [3.63, 3.8) is 0 Å². The Kier molecular flexibility index (Phi) is 87700. The topological polar surface area (TPSA) is 0 Å². The fourth-order valence-corrected chi connectivity index (χ4v) is 0. The lowest BCUT2D eigenvalue weighted by Gasteiger charge is -1.06. The summed E-state index contributed by atoms with van der Waals surface area (Å²) in [6.07, 6.45) is 1.47. The van der Waals surface area contributed by atoms with Crippen LogP contribution >= 0.6 is 11.6 Å².